The van der Waals surface area contributed by atoms with Crippen LogP contribution in [0, 0.1) is 0 Å². The maximum Gasteiger partial charge on any atom is 0.287 e. The highest BCUT2D eigenvalue weighted by atomic mass is 16.5. The molecule has 5 aromatic rings. The molecule has 1 unspecified atom stereocenters. The number of carbonyl (C=O) groups is 1. The van der Waals surface area contributed by atoms with E-state index in [-0.39, 0.29) is 17.8 Å². The van der Waals surface area contributed by atoms with E-state index in [1.807, 2.05) is 54.6 Å². The van der Waals surface area contributed by atoms with E-state index in [1.54, 1.807) is 19.5 Å². The van der Waals surface area contributed by atoms with E-state index in [0.717, 1.165) is 33.2 Å². The lowest BCUT2D eigenvalue weighted by molar-refractivity contribution is 0.0887. The number of rotatable bonds is 6. The van der Waals surface area contributed by atoms with Gasteiger partial charge in [0.15, 0.2) is 5.82 Å². The smallest absolute Gasteiger partial charge is 0.287 e. The zero-order valence-corrected chi connectivity index (χ0v) is 16.8. The number of nitrogens with zero attached hydrogens (tertiary/aromatic N) is 3. The summed E-state index contributed by atoms with van der Waals surface area (Å²) in [6, 6.07) is 17.1. The van der Waals surface area contributed by atoms with Crippen LogP contribution in [0.25, 0.3) is 33.2 Å². The van der Waals surface area contributed by atoms with Crippen LogP contribution in [-0.2, 0) is 4.74 Å². The van der Waals surface area contributed by atoms with Crippen LogP contribution >= 0.6 is 0 Å². The molecule has 3 heterocycles. The monoisotopic (exact) mass is 412 g/mol. The van der Waals surface area contributed by atoms with Crippen molar-refractivity contribution in [3.63, 3.8) is 0 Å². The van der Waals surface area contributed by atoms with E-state index in [2.05, 4.69) is 30.5 Å². The molecule has 0 bridgehead atoms. The summed E-state index contributed by atoms with van der Waals surface area (Å²) in [6.45, 7) is 0.361. The Kier molecular flexibility index (Phi) is 4.89. The van der Waals surface area contributed by atoms with Crippen molar-refractivity contribution in [2.45, 2.75) is 6.04 Å². The predicted octanol–water partition coefficient (Wildman–Crippen LogP) is 3.62. The summed E-state index contributed by atoms with van der Waals surface area (Å²) < 4.78 is 5.29. The highest BCUT2D eigenvalue weighted by Gasteiger charge is 2.19. The number of nitrogens with one attached hydrogen (secondary N) is 3. The molecule has 0 aliphatic heterocycles. The molecule has 8 heteroatoms. The molecule has 3 N–H and O–H groups in total. The van der Waals surface area contributed by atoms with Crippen LogP contribution in [0.1, 0.15) is 22.2 Å². The van der Waals surface area contributed by atoms with E-state index >= 15 is 0 Å². The molecule has 31 heavy (non-hydrogen) atoms. The van der Waals surface area contributed by atoms with Gasteiger partial charge in [0.05, 0.1) is 29.2 Å². The Bertz CT molecular complexity index is 1340. The fraction of sp³-hybridized carbons (Fsp3) is 0.130. The summed E-state index contributed by atoms with van der Waals surface area (Å²) in [7, 11) is 1.61. The highest BCUT2D eigenvalue weighted by Crippen LogP contribution is 2.29. The summed E-state index contributed by atoms with van der Waals surface area (Å²) in [4.78, 5) is 24.6. The fourth-order valence-corrected chi connectivity index (χ4v) is 3.66. The molecule has 0 saturated heterocycles. The zero-order chi connectivity index (χ0) is 21.2. The number of ether oxygens (including phenoxy) is 1. The minimum absolute atomic E-state index is 0.248. The summed E-state index contributed by atoms with van der Waals surface area (Å²) in [6.07, 6.45) is 3.46. The maximum absolute atomic E-state index is 12.9. The lowest BCUT2D eigenvalue weighted by atomic mass is 10.1. The number of imidazole rings is 1. The van der Waals surface area contributed by atoms with Crippen LogP contribution in [0.4, 0.5) is 0 Å². The number of carbonyl (C=O) groups excluding carboxylic acids is 1. The van der Waals surface area contributed by atoms with Gasteiger partial charge in [0, 0.05) is 30.5 Å². The first-order valence-corrected chi connectivity index (χ1v) is 9.86. The molecule has 0 spiro atoms. The number of benzene rings is 2. The topological polar surface area (TPSA) is 109 Å². The van der Waals surface area contributed by atoms with E-state index in [4.69, 9.17) is 4.74 Å². The SMILES string of the molecule is COCC(NC(=O)c1nc2cc3c(-c4ccncc4)n[nH]c3cc2[nH]1)c1ccccc1. The van der Waals surface area contributed by atoms with Gasteiger partial charge in [-0.25, -0.2) is 4.98 Å². The maximum atomic E-state index is 12.9. The Hall–Kier alpha value is -4.04. The molecule has 0 radical (unpaired) electrons. The summed E-state index contributed by atoms with van der Waals surface area (Å²) in [5, 5.41) is 11.4. The van der Waals surface area contributed by atoms with E-state index < -0.39 is 0 Å². The average Bonchev–Trinajstić information content (AvgIpc) is 3.42. The quantitative estimate of drug-likeness (QED) is 0.395. The lowest BCUT2D eigenvalue weighted by Crippen LogP contribution is -2.32. The zero-order valence-electron chi connectivity index (χ0n) is 16.8. The number of pyridine rings is 1. The van der Waals surface area contributed by atoms with Crippen molar-refractivity contribution in [2.24, 2.45) is 0 Å². The molecule has 1 amide bonds. The molecule has 0 aliphatic rings. The Morgan fingerprint density at radius 2 is 1.90 bits per heavy atom. The summed E-state index contributed by atoms with van der Waals surface area (Å²) >= 11 is 0. The number of H-pyrrole nitrogens is 2. The second kappa shape index (κ2) is 8.00. The molecular formula is C23H20N6O2. The van der Waals surface area contributed by atoms with Crippen LogP contribution < -0.4 is 5.32 Å². The van der Waals surface area contributed by atoms with Gasteiger partial charge in [0.2, 0.25) is 0 Å². The van der Waals surface area contributed by atoms with E-state index in [0.29, 0.717) is 12.1 Å². The molecule has 154 valence electrons. The fourth-order valence-electron chi connectivity index (χ4n) is 3.66. The predicted molar refractivity (Wildman–Crippen MR) is 118 cm³/mol. The van der Waals surface area contributed by atoms with Crippen molar-refractivity contribution in [3.05, 3.63) is 78.4 Å². The van der Waals surface area contributed by atoms with Crippen molar-refractivity contribution in [1.82, 2.24) is 30.5 Å². The van der Waals surface area contributed by atoms with Gasteiger partial charge in [0.1, 0.15) is 5.69 Å². The second-order valence-electron chi connectivity index (χ2n) is 7.20. The number of aromatic amines is 2. The van der Waals surface area contributed by atoms with Gasteiger partial charge in [-0.05, 0) is 29.8 Å². The lowest BCUT2D eigenvalue weighted by Gasteiger charge is -2.17. The van der Waals surface area contributed by atoms with Crippen LogP contribution in [0.5, 0.6) is 0 Å². The minimum atomic E-state index is -0.293. The van der Waals surface area contributed by atoms with E-state index in [9.17, 15) is 4.79 Å². The standard InChI is InChI=1S/C23H20N6O2/c1-31-13-20(14-5-3-2-4-6-14)27-23(30)22-25-18-11-16-17(12-19(18)26-22)28-29-21(16)15-7-9-24-10-8-15/h2-12,20H,13H2,1H3,(H,25,26)(H,27,30)(H,28,29). The third-order valence-electron chi connectivity index (χ3n) is 5.17. The average molecular weight is 412 g/mol. The number of fused-ring (bicyclic) bond motifs is 2. The number of aromatic nitrogens is 5. The van der Waals surface area contributed by atoms with Gasteiger partial charge in [-0.2, -0.15) is 5.10 Å². The van der Waals surface area contributed by atoms with Gasteiger partial charge in [-0.1, -0.05) is 30.3 Å². The first kappa shape index (κ1) is 19.0. The van der Waals surface area contributed by atoms with Crippen molar-refractivity contribution >= 4 is 27.8 Å². The molecule has 2 aromatic carbocycles. The molecule has 0 saturated carbocycles. The Balaban J connectivity index is 1.47. The molecule has 0 aliphatic carbocycles. The molecule has 0 fully saturated rings. The minimum Gasteiger partial charge on any atom is -0.382 e. The number of hydrogen-bond acceptors (Lipinski definition) is 5. The van der Waals surface area contributed by atoms with Crippen LogP contribution in [0.2, 0.25) is 0 Å². The van der Waals surface area contributed by atoms with E-state index in [1.165, 1.54) is 0 Å². The first-order chi connectivity index (χ1) is 15.2. The third-order valence-corrected chi connectivity index (χ3v) is 5.17. The van der Waals surface area contributed by atoms with Crippen molar-refractivity contribution in [1.29, 1.82) is 0 Å². The third kappa shape index (κ3) is 3.64. The molecule has 5 rings (SSSR count). The molecular weight excluding hydrogens is 392 g/mol. The van der Waals surface area contributed by atoms with Crippen molar-refractivity contribution < 1.29 is 9.53 Å². The molecule has 1 atom stereocenters. The van der Waals surface area contributed by atoms with Gasteiger partial charge in [0.25, 0.3) is 5.91 Å². The van der Waals surface area contributed by atoms with Gasteiger partial charge in [-0.15, -0.1) is 0 Å². The second-order valence-corrected chi connectivity index (χ2v) is 7.20. The van der Waals surface area contributed by atoms with Gasteiger partial charge < -0.3 is 15.0 Å². The molecule has 3 aromatic heterocycles. The Morgan fingerprint density at radius 1 is 1.10 bits per heavy atom. The van der Waals surface area contributed by atoms with Crippen LogP contribution in [0.15, 0.2) is 67.0 Å². The van der Waals surface area contributed by atoms with Crippen LogP contribution in [0.3, 0.4) is 0 Å². The highest BCUT2D eigenvalue weighted by molar-refractivity contribution is 6.02. The Morgan fingerprint density at radius 3 is 2.68 bits per heavy atom. The summed E-state index contributed by atoms with van der Waals surface area (Å²) in [5.74, 6) is -0.0450. The summed E-state index contributed by atoms with van der Waals surface area (Å²) in [5.41, 5.74) is 5.05. The van der Waals surface area contributed by atoms with Crippen molar-refractivity contribution in [3.8, 4) is 11.3 Å². The van der Waals surface area contributed by atoms with Crippen molar-refractivity contribution in [2.75, 3.05) is 13.7 Å². The largest absolute Gasteiger partial charge is 0.382 e. The van der Waals surface area contributed by atoms with Crippen LogP contribution in [-0.4, -0.2) is 44.8 Å². The Labute approximate surface area is 177 Å². The van der Waals surface area contributed by atoms with Gasteiger partial charge in [-0.3, -0.25) is 14.9 Å². The normalized spacial score (nSPS) is 12.3. The first-order valence-electron chi connectivity index (χ1n) is 9.86. The van der Waals surface area contributed by atoms with Gasteiger partial charge >= 0.3 is 0 Å². The number of amides is 1. The number of hydrogen-bond donors (Lipinski definition) is 3. The number of methoxy groups -OCH3 is 1. The molecule has 8 nitrogen and oxygen atoms in total.